The highest BCUT2D eigenvalue weighted by Crippen LogP contribution is 2.74. The Morgan fingerprint density at radius 2 is 1.57 bits per heavy atom. The Bertz CT molecular complexity index is 917. The van der Waals surface area contributed by atoms with Crippen LogP contribution in [0.2, 0.25) is 0 Å². The molecule has 8 atom stereocenters. The second-order valence-corrected chi connectivity index (χ2v) is 14.9. The van der Waals surface area contributed by atoms with E-state index >= 15 is 26.3 Å². The van der Waals surface area contributed by atoms with Crippen molar-refractivity contribution in [2.75, 3.05) is 13.2 Å². The lowest BCUT2D eigenvalue weighted by Crippen LogP contribution is -2.71. The first kappa shape index (κ1) is 34.3. The standard InChI is InChI=1S/C32H52F6O4/c1-8-27(6,23-12-10-15-28(23,7)41-21(3)39-9-2)20-26(4,5)24-18-22-14-16-29(24,19-22)30(31(33,34)35,32(36,37)38)42-25-13-11-17-40-25/h21-25H,8-20H2,1-7H3. The van der Waals surface area contributed by atoms with Crippen LogP contribution in [0.1, 0.15) is 119 Å². The van der Waals surface area contributed by atoms with Crippen LogP contribution in [0.25, 0.3) is 0 Å². The number of rotatable bonds is 12. The third-order valence-electron chi connectivity index (χ3n) is 11.8. The predicted octanol–water partition coefficient (Wildman–Crippen LogP) is 9.60. The van der Waals surface area contributed by atoms with Gasteiger partial charge in [0.15, 0.2) is 12.6 Å². The summed E-state index contributed by atoms with van der Waals surface area (Å²) in [7, 11) is 0. The van der Waals surface area contributed by atoms with Gasteiger partial charge in [-0.05, 0) is 101 Å². The molecule has 0 N–H and O–H groups in total. The van der Waals surface area contributed by atoms with Crippen LogP contribution >= 0.6 is 0 Å². The SMILES string of the molecule is CCOC(C)OC1(C)CCCC1C(C)(CC)CC(C)(C)C1CC2CCC1(C(OC1CCCO1)(C(F)(F)F)C(F)(F)F)C2. The molecule has 4 nitrogen and oxygen atoms in total. The summed E-state index contributed by atoms with van der Waals surface area (Å²) < 4.78 is 114. The van der Waals surface area contributed by atoms with E-state index in [0.29, 0.717) is 32.3 Å². The van der Waals surface area contributed by atoms with Crippen LogP contribution < -0.4 is 0 Å². The molecule has 1 aliphatic heterocycles. The maximum Gasteiger partial charge on any atom is 0.427 e. The van der Waals surface area contributed by atoms with Gasteiger partial charge in [0.25, 0.3) is 5.60 Å². The highest BCUT2D eigenvalue weighted by Gasteiger charge is 2.85. The molecule has 0 radical (unpaired) electrons. The summed E-state index contributed by atoms with van der Waals surface area (Å²) in [4.78, 5) is 0. The molecular formula is C32H52F6O4. The van der Waals surface area contributed by atoms with Crippen LogP contribution in [0.4, 0.5) is 26.3 Å². The minimum Gasteiger partial charge on any atom is -0.353 e. The topological polar surface area (TPSA) is 36.9 Å². The van der Waals surface area contributed by atoms with E-state index in [1.54, 1.807) is 0 Å². The molecular weight excluding hydrogens is 562 g/mol. The van der Waals surface area contributed by atoms with E-state index in [-0.39, 0.29) is 43.1 Å². The Morgan fingerprint density at radius 3 is 2.10 bits per heavy atom. The lowest BCUT2D eigenvalue weighted by Gasteiger charge is -2.57. The van der Waals surface area contributed by atoms with Gasteiger partial charge >= 0.3 is 12.4 Å². The number of alkyl halides is 6. The molecule has 1 heterocycles. The van der Waals surface area contributed by atoms with E-state index in [4.69, 9.17) is 18.9 Å². The smallest absolute Gasteiger partial charge is 0.353 e. The second kappa shape index (κ2) is 11.7. The summed E-state index contributed by atoms with van der Waals surface area (Å²) in [5, 5.41) is 0. The van der Waals surface area contributed by atoms with Crippen molar-refractivity contribution in [3.8, 4) is 0 Å². The van der Waals surface area contributed by atoms with Gasteiger partial charge in [0.2, 0.25) is 0 Å². The van der Waals surface area contributed by atoms with Crippen LogP contribution in [0, 0.1) is 34.0 Å². The molecule has 0 spiro atoms. The highest BCUT2D eigenvalue weighted by molar-refractivity contribution is 5.20. The van der Waals surface area contributed by atoms with Gasteiger partial charge in [0.1, 0.15) is 0 Å². The van der Waals surface area contributed by atoms with Gasteiger partial charge in [-0.15, -0.1) is 0 Å². The van der Waals surface area contributed by atoms with E-state index in [0.717, 1.165) is 25.7 Å². The predicted molar refractivity (Wildman–Crippen MR) is 147 cm³/mol. The van der Waals surface area contributed by atoms with Gasteiger partial charge in [0, 0.05) is 25.0 Å². The van der Waals surface area contributed by atoms with Crippen molar-refractivity contribution in [2.45, 2.75) is 155 Å². The minimum absolute atomic E-state index is 0.0236. The Labute approximate surface area is 247 Å². The zero-order valence-corrected chi connectivity index (χ0v) is 26.5. The van der Waals surface area contributed by atoms with Gasteiger partial charge < -0.3 is 18.9 Å². The minimum atomic E-state index is -5.65. The van der Waals surface area contributed by atoms with Gasteiger partial charge in [-0.1, -0.05) is 40.5 Å². The number of hydrogen-bond donors (Lipinski definition) is 0. The summed E-state index contributed by atoms with van der Waals surface area (Å²) in [5.74, 6) is -0.925. The van der Waals surface area contributed by atoms with Crippen molar-refractivity contribution in [3.05, 3.63) is 0 Å². The molecule has 4 rings (SSSR count). The molecule has 4 fully saturated rings. The molecule has 3 saturated carbocycles. The first-order valence-corrected chi connectivity index (χ1v) is 16.0. The maximum absolute atomic E-state index is 15.2. The maximum atomic E-state index is 15.2. The third kappa shape index (κ3) is 5.66. The van der Waals surface area contributed by atoms with Crippen LogP contribution in [-0.2, 0) is 18.9 Å². The monoisotopic (exact) mass is 614 g/mol. The summed E-state index contributed by atoms with van der Waals surface area (Å²) >= 11 is 0. The molecule has 0 amide bonds. The Balaban J connectivity index is 1.74. The molecule has 10 heteroatoms. The van der Waals surface area contributed by atoms with Crippen LogP contribution in [0.15, 0.2) is 0 Å². The molecule has 246 valence electrons. The molecule has 3 aliphatic carbocycles. The largest absolute Gasteiger partial charge is 0.427 e. The summed E-state index contributed by atoms with van der Waals surface area (Å²) in [6, 6.07) is 0. The number of fused-ring (bicyclic) bond motifs is 2. The second-order valence-electron chi connectivity index (χ2n) is 14.9. The van der Waals surface area contributed by atoms with Crippen molar-refractivity contribution >= 4 is 0 Å². The molecule has 4 aliphatic rings. The van der Waals surface area contributed by atoms with Gasteiger partial charge in [-0.25, -0.2) is 0 Å². The van der Waals surface area contributed by atoms with Crippen LogP contribution in [0.5, 0.6) is 0 Å². The summed E-state index contributed by atoms with van der Waals surface area (Å²) in [6.45, 7) is 14.5. The summed E-state index contributed by atoms with van der Waals surface area (Å²) in [5.41, 5.74) is -8.08. The fourth-order valence-electron chi connectivity index (χ4n) is 10.4. The number of ether oxygens (including phenoxy) is 4. The number of halogens is 6. The van der Waals surface area contributed by atoms with Crippen LogP contribution in [0.3, 0.4) is 0 Å². The molecule has 0 aromatic heterocycles. The van der Waals surface area contributed by atoms with E-state index in [1.165, 1.54) is 0 Å². The van der Waals surface area contributed by atoms with Crippen LogP contribution in [-0.4, -0.2) is 49.3 Å². The highest BCUT2D eigenvalue weighted by atomic mass is 19.4. The van der Waals surface area contributed by atoms with E-state index in [9.17, 15) is 0 Å². The molecule has 1 saturated heterocycles. The zero-order valence-electron chi connectivity index (χ0n) is 26.5. The fourth-order valence-corrected chi connectivity index (χ4v) is 10.4. The van der Waals surface area contributed by atoms with Crippen molar-refractivity contribution in [1.82, 2.24) is 0 Å². The third-order valence-corrected chi connectivity index (χ3v) is 11.8. The lowest BCUT2D eigenvalue weighted by atomic mass is 9.51. The Hall–Kier alpha value is -0.580. The van der Waals surface area contributed by atoms with Crippen molar-refractivity contribution in [2.24, 2.45) is 34.0 Å². The molecule has 8 unspecified atom stereocenters. The first-order chi connectivity index (χ1) is 19.3. The Morgan fingerprint density at radius 1 is 0.905 bits per heavy atom. The molecule has 0 aromatic rings. The first-order valence-electron chi connectivity index (χ1n) is 16.0. The van der Waals surface area contributed by atoms with Crippen molar-refractivity contribution < 1.29 is 45.3 Å². The normalized spacial score (nSPS) is 36.5. The molecule has 0 aromatic carbocycles. The Kier molecular flexibility index (Phi) is 9.51. The van der Waals surface area contributed by atoms with Gasteiger partial charge in [0.05, 0.1) is 5.60 Å². The fraction of sp³-hybridized carbons (Fsp3) is 1.00. The zero-order chi connectivity index (χ0) is 31.4. The average molecular weight is 615 g/mol. The average Bonchev–Trinajstić information content (AvgIpc) is 3.65. The van der Waals surface area contributed by atoms with Crippen molar-refractivity contribution in [1.29, 1.82) is 0 Å². The molecule has 42 heavy (non-hydrogen) atoms. The molecule has 2 bridgehead atoms. The van der Waals surface area contributed by atoms with Crippen molar-refractivity contribution in [3.63, 3.8) is 0 Å². The van der Waals surface area contributed by atoms with E-state index < -0.39 is 52.9 Å². The quantitative estimate of drug-likeness (QED) is 0.162. The lowest BCUT2D eigenvalue weighted by molar-refractivity contribution is -0.444. The summed E-state index contributed by atoms with van der Waals surface area (Å²) in [6.07, 6.45) is -8.50. The van der Waals surface area contributed by atoms with E-state index in [1.807, 2.05) is 27.7 Å². The number of hydrogen-bond acceptors (Lipinski definition) is 4. The van der Waals surface area contributed by atoms with E-state index in [2.05, 4.69) is 20.8 Å². The van der Waals surface area contributed by atoms with Gasteiger partial charge in [-0.3, -0.25) is 0 Å². The van der Waals surface area contributed by atoms with Gasteiger partial charge in [-0.2, -0.15) is 26.3 Å².